The van der Waals surface area contributed by atoms with E-state index in [2.05, 4.69) is 10.3 Å². The molecule has 1 atom stereocenters. The quantitative estimate of drug-likeness (QED) is 0.880. The third-order valence-electron chi connectivity index (χ3n) is 3.16. The molecule has 2 rings (SSSR count). The number of rotatable bonds is 4. The number of imidazole rings is 1. The van der Waals surface area contributed by atoms with E-state index in [0.29, 0.717) is 0 Å². The molecule has 0 aliphatic rings. The van der Waals surface area contributed by atoms with Crippen LogP contribution in [0.15, 0.2) is 35.7 Å². The SMILES string of the molecule is Cc1cccc(C)c1NC(=O)C(C)Sc1nccn1C. The van der Waals surface area contributed by atoms with Crippen LogP contribution >= 0.6 is 11.8 Å². The van der Waals surface area contributed by atoms with E-state index in [1.54, 1.807) is 6.20 Å². The first kappa shape index (κ1) is 14.7. The third kappa shape index (κ3) is 3.22. The lowest BCUT2D eigenvalue weighted by Gasteiger charge is -2.15. The van der Waals surface area contributed by atoms with Crippen LogP contribution in [-0.2, 0) is 11.8 Å². The van der Waals surface area contributed by atoms with Gasteiger partial charge in [0.1, 0.15) is 0 Å². The monoisotopic (exact) mass is 289 g/mol. The van der Waals surface area contributed by atoms with E-state index in [-0.39, 0.29) is 11.2 Å². The molecule has 2 aromatic rings. The molecular weight excluding hydrogens is 270 g/mol. The summed E-state index contributed by atoms with van der Waals surface area (Å²) in [6, 6.07) is 5.99. The molecule has 1 unspecified atom stereocenters. The minimum Gasteiger partial charge on any atom is -0.329 e. The van der Waals surface area contributed by atoms with E-state index in [0.717, 1.165) is 22.0 Å². The number of aryl methyl sites for hydroxylation is 3. The summed E-state index contributed by atoms with van der Waals surface area (Å²) in [5.74, 6) is -0.00426. The molecule has 0 saturated heterocycles. The van der Waals surface area contributed by atoms with Crippen LogP contribution in [0.25, 0.3) is 0 Å². The summed E-state index contributed by atoms with van der Waals surface area (Å²) in [5.41, 5.74) is 3.06. The number of anilines is 1. The molecule has 0 aliphatic carbocycles. The van der Waals surface area contributed by atoms with Crippen LogP contribution in [0.4, 0.5) is 5.69 Å². The fraction of sp³-hybridized carbons (Fsp3) is 0.333. The summed E-state index contributed by atoms with van der Waals surface area (Å²) in [6.07, 6.45) is 3.61. The van der Waals surface area contributed by atoms with Crippen molar-refractivity contribution in [2.45, 2.75) is 31.2 Å². The molecule has 1 aromatic heterocycles. The largest absolute Gasteiger partial charge is 0.329 e. The van der Waals surface area contributed by atoms with Gasteiger partial charge >= 0.3 is 0 Å². The number of nitrogens with one attached hydrogen (secondary N) is 1. The van der Waals surface area contributed by atoms with Gasteiger partial charge in [-0.2, -0.15) is 0 Å². The number of hydrogen-bond donors (Lipinski definition) is 1. The van der Waals surface area contributed by atoms with Gasteiger partial charge in [-0.1, -0.05) is 30.0 Å². The number of carbonyl (C=O) groups excluding carboxylic acids is 1. The van der Waals surface area contributed by atoms with Crippen LogP contribution in [-0.4, -0.2) is 20.7 Å². The minimum atomic E-state index is -0.199. The number of amides is 1. The minimum absolute atomic E-state index is 0.00426. The van der Waals surface area contributed by atoms with Gasteiger partial charge in [0, 0.05) is 25.1 Å². The molecule has 106 valence electrons. The van der Waals surface area contributed by atoms with Crippen LogP contribution in [0.1, 0.15) is 18.1 Å². The Morgan fingerprint density at radius 1 is 1.35 bits per heavy atom. The van der Waals surface area contributed by atoms with Gasteiger partial charge in [0.2, 0.25) is 5.91 Å². The zero-order chi connectivity index (χ0) is 14.7. The lowest BCUT2D eigenvalue weighted by Crippen LogP contribution is -2.23. The number of nitrogens with zero attached hydrogens (tertiary/aromatic N) is 2. The molecule has 4 nitrogen and oxygen atoms in total. The van der Waals surface area contributed by atoms with Gasteiger partial charge < -0.3 is 9.88 Å². The highest BCUT2D eigenvalue weighted by atomic mass is 32.2. The molecule has 0 spiro atoms. The first-order chi connectivity index (χ1) is 9.49. The normalized spacial score (nSPS) is 12.2. The second-order valence-electron chi connectivity index (χ2n) is 4.84. The lowest BCUT2D eigenvalue weighted by molar-refractivity contribution is -0.115. The van der Waals surface area contributed by atoms with E-state index in [1.807, 2.05) is 56.8 Å². The fourth-order valence-electron chi connectivity index (χ4n) is 1.91. The maximum absolute atomic E-state index is 12.3. The molecule has 0 radical (unpaired) electrons. The van der Waals surface area contributed by atoms with Crippen molar-refractivity contribution in [3.63, 3.8) is 0 Å². The lowest BCUT2D eigenvalue weighted by atomic mass is 10.1. The van der Waals surface area contributed by atoms with Crippen molar-refractivity contribution in [3.8, 4) is 0 Å². The molecule has 0 saturated carbocycles. The number of carbonyl (C=O) groups is 1. The van der Waals surface area contributed by atoms with Gasteiger partial charge in [-0.15, -0.1) is 0 Å². The maximum atomic E-state index is 12.3. The predicted molar refractivity (Wildman–Crippen MR) is 83.1 cm³/mol. The van der Waals surface area contributed by atoms with Gasteiger partial charge in [-0.25, -0.2) is 4.98 Å². The number of para-hydroxylation sites is 1. The fourth-order valence-corrected chi connectivity index (χ4v) is 2.74. The zero-order valence-electron chi connectivity index (χ0n) is 12.2. The number of aromatic nitrogens is 2. The van der Waals surface area contributed by atoms with Crippen molar-refractivity contribution in [1.82, 2.24) is 9.55 Å². The van der Waals surface area contributed by atoms with E-state index < -0.39 is 0 Å². The second kappa shape index (κ2) is 6.13. The molecule has 0 fully saturated rings. The summed E-state index contributed by atoms with van der Waals surface area (Å²) < 4.78 is 1.91. The molecule has 20 heavy (non-hydrogen) atoms. The van der Waals surface area contributed by atoms with Gasteiger partial charge in [-0.3, -0.25) is 4.79 Å². The van der Waals surface area contributed by atoms with Gasteiger partial charge in [0.25, 0.3) is 0 Å². The molecular formula is C15H19N3OS. The highest BCUT2D eigenvalue weighted by Gasteiger charge is 2.17. The first-order valence-corrected chi connectivity index (χ1v) is 7.38. The van der Waals surface area contributed by atoms with Gasteiger partial charge in [-0.05, 0) is 31.9 Å². The van der Waals surface area contributed by atoms with E-state index in [4.69, 9.17) is 0 Å². The van der Waals surface area contributed by atoms with E-state index in [9.17, 15) is 4.79 Å². The van der Waals surface area contributed by atoms with Crippen LogP contribution in [0.3, 0.4) is 0 Å². The van der Waals surface area contributed by atoms with Crippen molar-refractivity contribution in [3.05, 3.63) is 41.7 Å². The Bertz CT molecular complexity index is 601. The van der Waals surface area contributed by atoms with Crippen LogP contribution in [0, 0.1) is 13.8 Å². The van der Waals surface area contributed by atoms with E-state index in [1.165, 1.54) is 11.8 Å². The van der Waals surface area contributed by atoms with Gasteiger partial charge in [0.15, 0.2) is 5.16 Å². The van der Waals surface area contributed by atoms with Crippen molar-refractivity contribution in [1.29, 1.82) is 0 Å². The van der Waals surface area contributed by atoms with Crippen LogP contribution in [0.2, 0.25) is 0 Å². The maximum Gasteiger partial charge on any atom is 0.237 e. The molecule has 5 heteroatoms. The topological polar surface area (TPSA) is 46.9 Å². The molecule has 1 N–H and O–H groups in total. The highest BCUT2D eigenvalue weighted by Crippen LogP contribution is 2.24. The molecule has 1 heterocycles. The molecule has 0 bridgehead atoms. The molecule has 1 aromatic carbocycles. The third-order valence-corrected chi connectivity index (χ3v) is 4.33. The van der Waals surface area contributed by atoms with Gasteiger partial charge in [0.05, 0.1) is 5.25 Å². The van der Waals surface area contributed by atoms with Crippen molar-refractivity contribution < 1.29 is 4.79 Å². The van der Waals surface area contributed by atoms with Crippen LogP contribution in [0.5, 0.6) is 0 Å². The Hall–Kier alpha value is -1.75. The Kier molecular flexibility index (Phi) is 4.49. The van der Waals surface area contributed by atoms with Crippen molar-refractivity contribution in [2.24, 2.45) is 7.05 Å². The summed E-state index contributed by atoms with van der Waals surface area (Å²) in [6.45, 7) is 5.89. The Morgan fingerprint density at radius 2 is 2.00 bits per heavy atom. The van der Waals surface area contributed by atoms with E-state index >= 15 is 0 Å². The smallest absolute Gasteiger partial charge is 0.237 e. The molecule has 1 amide bonds. The van der Waals surface area contributed by atoms with Crippen molar-refractivity contribution >= 4 is 23.4 Å². The Labute approximate surface area is 123 Å². The average molecular weight is 289 g/mol. The van der Waals surface area contributed by atoms with Crippen molar-refractivity contribution in [2.75, 3.05) is 5.32 Å². The molecule has 0 aliphatic heterocycles. The summed E-state index contributed by atoms with van der Waals surface area (Å²) in [5, 5.41) is 3.66. The Balaban J connectivity index is 2.06. The first-order valence-electron chi connectivity index (χ1n) is 6.50. The number of thioether (sulfide) groups is 1. The van der Waals surface area contributed by atoms with Crippen LogP contribution < -0.4 is 5.32 Å². The summed E-state index contributed by atoms with van der Waals surface area (Å²) in [4.78, 5) is 16.5. The second-order valence-corrected chi connectivity index (χ2v) is 6.14. The highest BCUT2D eigenvalue weighted by molar-refractivity contribution is 8.00. The standard InChI is InChI=1S/C15H19N3OS/c1-10-6-5-7-11(2)13(10)17-14(19)12(3)20-15-16-8-9-18(15)4/h5-9,12H,1-4H3,(H,17,19). The number of benzene rings is 1. The summed E-state index contributed by atoms with van der Waals surface area (Å²) in [7, 11) is 1.92. The summed E-state index contributed by atoms with van der Waals surface area (Å²) >= 11 is 1.46. The zero-order valence-corrected chi connectivity index (χ0v) is 13.0. The number of hydrogen-bond acceptors (Lipinski definition) is 3. The average Bonchev–Trinajstić information content (AvgIpc) is 2.79. The Morgan fingerprint density at radius 3 is 2.55 bits per heavy atom. The predicted octanol–water partition coefficient (Wildman–Crippen LogP) is 3.16.